The van der Waals surface area contributed by atoms with Gasteiger partial charge in [0.25, 0.3) is 0 Å². The molecule has 0 fully saturated rings. The summed E-state index contributed by atoms with van der Waals surface area (Å²) < 4.78 is 0. The van der Waals surface area contributed by atoms with E-state index in [0.717, 1.165) is 0 Å². The van der Waals surface area contributed by atoms with Crippen LogP contribution in [0.3, 0.4) is 0 Å². The molecule has 0 saturated carbocycles. The van der Waals surface area contributed by atoms with Crippen molar-refractivity contribution in [1.29, 1.82) is 0 Å². The highest BCUT2D eigenvalue weighted by atomic mass is 14.4. The van der Waals surface area contributed by atoms with E-state index in [1.165, 1.54) is 76.5 Å². The molecule has 37 heavy (non-hydrogen) atoms. The number of rotatable bonds is 1. The summed E-state index contributed by atoms with van der Waals surface area (Å²) in [4.78, 5) is 0. The molecule has 0 heteroatoms. The summed E-state index contributed by atoms with van der Waals surface area (Å²) in [6, 6.07) is 45.2. The predicted molar refractivity (Wildman–Crippen MR) is 159 cm³/mol. The topological polar surface area (TPSA) is 0 Å². The van der Waals surface area contributed by atoms with Crippen LogP contribution >= 0.6 is 0 Å². The highest BCUT2D eigenvalue weighted by Crippen LogP contribution is 2.50. The Morgan fingerprint density at radius 2 is 1.03 bits per heavy atom. The van der Waals surface area contributed by atoms with Gasteiger partial charge in [-0.1, -0.05) is 123 Å². The Labute approximate surface area is 216 Å². The van der Waals surface area contributed by atoms with Gasteiger partial charge < -0.3 is 0 Å². The van der Waals surface area contributed by atoms with E-state index in [1.807, 2.05) is 0 Å². The highest BCUT2D eigenvalue weighted by molar-refractivity contribution is 6.17. The van der Waals surface area contributed by atoms with Crippen molar-refractivity contribution >= 4 is 43.1 Å². The summed E-state index contributed by atoms with van der Waals surface area (Å²) in [5.41, 5.74) is 8.09. The number of hydrogen-bond donors (Lipinski definition) is 0. The fourth-order valence-electron chi connectivity index (χ4n) is 6.81. The van der Waals surface area contributed by atoms with Crippen molar-refractivity contribution < 1.29 is 0 Å². The van der Waals surface area contributed by atoms with Crippen LogP contribution in [0.2, 0.25) is 0 Å². The quantitative estimate of drug-likeness (QED) is 0.165. The zero-order valence-electron chi connectivity index (χ0n) is 21.0. The van der Waals surface area contributed by atoms with Gasteiger partial charge in [0.1, 0.15) is 0 Å². The van der Waals surface area contributed by atoms with Crippen molar-refractivity contribution in [3.05, 3.63) is 132 Å². The molecule has 0 aromatic heterocycles. The first-order chi connectivity index (χ1) is 18.1. The molecule has 0 aliphatic heterocycles. The largest absolute Gasteiger partial charge is 0.0619 e. The molecule has 0 radical (unpaired) electrons. The van der Waals surface area contributed by atoms with E-state index in [4.69, 9.17) is 0 Å². The van der Waals surface area contributed by atoms with Gasteiger partial charge in [-0.2, -0.15) is 0 Å². The Morgan fingerprint density at radius 1 is 0.378 bits per heavy atom. The van der Waals surface area contributed by atoms with Gasteiger partial charge in [0, 0.05) is 5.41 Å². The van der Waals surface area contributed by atoms with Gasteiger partial charge in [-0.3, -0.25) is 0 Å². The second kappa shape index (κ2) is 7.31. The van der Waals surface area contributed by atoms with Crippen LogP contribution in [0.5, 0.6) is 0 Å². The third kappa shape index (κ3) is 2.79. The van der Waals surface area contributed by atoms with Crippen molar-refractivity contribution in [3.8, 4) is 22.3 Å². The summed E-state index contributed by atoms with van der Waals surface area (Å²) in [7, 11) is 0. The lowest BCUT2D eigenvalue weighted by atomic mass is 9.68. The van der Waals surface area contributed by atoms with Crippen molar-refractivity contribution in [2.24, 2.45) is 0 Å². The minimum Gasteiger partial charge on any atom is -0.0619 e. The number of fused-ring (bicyclic) bond motifs is 6. The fourth-order valence-corrected chi connectivity index (χ4v) is 6.81. The first-order valence-corrected chi connectivity index (χ1v) is 13.1. The lowest BCUT2D eigenvalue weighted by Crippen LogP contribution is -2.23. The van der Waals surface area contributed by atoms with Gasteiger partial charge in [0.15, 0.2) is 0 Å². The Hall–Kier alpha value is -4.42. The van der Waals surface area contributed by atoms with Crippen molar-refractivity contribution in [2.45, 2.75) is 19.3 Å². The van der Waals surface area contributed by atoms with Gasteiger partial charge in [-0.05, 0) is 88.6 Å². The molecule has 0 spiro atoms. The van der Waals surface area contributed by atoms with Gasteiger partial charge >= 0.3 is 0 Å². The molecule has 1 aliphatic carbocycles. The summed E-state index contributed by atoms with van der Waals surface area (Å²) in [6.07, 6.45) is 0. The molecule has 0 saturated heterocycles. The van der Waals surface area contributed by atoms with E-state index in [9.17, 15) is 0 Å². The van der Waals surface area contributed by atoms with Crippen LogP contribution in [0.15, 0.2) is 121 Å². The second-order valence-corrected chi connectivity index (χ2v) is 10.9. The van der Waals surface area contributed by atoms with Crippen molar-refractivity contribution in [1.82, 2.24) is 0 Å². The first-order valence-electron chi connectivity index (χ1n) is 13.1. The van der Waals surface area contributed by atoms with Gasteiger partial charge in [0.2, 0.25) is 0 Å². The fraction of sp³-hybridized carbons (Fsp3) is 0.0811. The molecule has 0 heterocycles. The van der Waals surface area contributed by atoms with Gasteiger partial charge in [0.05, 0.1) is 0 Å². The van der Waals surface area contributed by atoms with E-state index < -0.39 is 0 Å². The second-order valence-electron chi connectivity index (χ2n) is 10.9. The Bertz CT molecular complexity index is 2060. The van der Waals surface area contributed by atoms with E-state index in [1.54, 1.807) is 0 Å². The maximum absolute atomic E-state index is 2.41. The van der Waals surface area contributed by atoms with E-state index in [2.05, 4.69) is 135 Å². The predicted octanol–water partition coefficient (Wildman–Crippen LogP) is 10.3. The van der Waals surface area contributed by atoms with Crippen LogP contribution in [0.25, 0.3) is 65.3 Å². The SMILES string of the molecule is CC1(C)c2ccccc2-c2cccc3c(-c4cccc5cc6ccc7ccccc7c6cc45)ccc1c23. The smallest absolute Gasteiger partial charge is 0.0159 e. The third-order valence-corrected chi connectivity index (χ3v) is 8.64. The summed E-state index contributed by atoms with van der Waals surface area (Å²) in [5, 5.41) is 10.5. The molecule has 0 atom stereocenters. The normalized spacial score (nSPS) is 13.9. The summed E-state index contributed by atoms with van der Waals surface area (Å²) >= 11 is 0. The zero-order valence-corrected chi connectivity index (χ0v) is 21.0. The van der Waals surface area contributed by atoms with Crippen LogP contribution < -0.4 is 0 Å². The molecule has 0 amide bonds. The Morgan fingerprint density at radius 3 is 1.97 bits per heavy atom. The molecular weight excluding hydrogens is 444 g/mol. The van der Waals surface area contributed by atoms with E-state index in [0.29, 0.717) is 0 Å². The maximum Gasteiger partial charge on any atom is 0.0159 e. The molecule has 7 aromatic rings. The Balaban J connectivity index is 1.48. The summed E-state index contributed by atoms with van der Waals surface area (Å²) in [5.74, 6) is 0. The van der Waals surface area contributed by atoms with E-state index in [-0.39, 0.29) is 5.41 Å². The zero-order chi connectivity index (χ0) is 24.7. The van der Waals surface area contributed by atoms with Crippen LogP contribution in [-0.2, 0) is 5.41 Å². The lowest BCUT2D eigenvalue weighted by Gasteiger charge is -2.35. The average molecular weight is 471 g/mol. The standard InChI is InChI=1S/C37H26/c1-37(2)34-16-6-5-12-29(34)31-15-8-14-30-28(19-20-35(37)36(30)31)27-13-7-10-24-21-25-18-17-23-9-3-4-11-26(23)32(25)22-33(24)27/h3-22H,1-2H3. The third-order valence-electron chi connectivity index (χ3n) is 8.64. The molecule has 1 aliphatic rings. The first kappa shape index (κ1) is 20.7. The maximum atomic E-state index is 2.41. The van der Waals surface area contributed by atoms with Gasteiger partial charge in [-0.15, -0.1) is 0 Å². The molecule has 174 valence electrons. The van der Waals surface area contributed by atoms with Crippen LogP contribution in [0.1, 0.15) is 25.0 Å². The minimum atomic E-state index is -0.0460. The minimum absolute atomic E-state index is 0.0460. The van der Waals surface area contributed by atoms with E-state index >= 15 is 0 Å². The van der Waals surface area contributed by atoms with Gasteiger partial charge in [-0.25, -0.2) is 0 Å². The molecule has 0 unspecified atom stereocenters. The highest BCUT2D eigenvalue weighted by Gasteiger charge is 2.33. The van der Waals surface area contributed by atoms with Crippen LogP contribution in [-0.4, -0.2) is 0 Å². The number of hydrogen-bond acceptors (Lipinski definition) is 0. The molecule has 8 rings (SSSR count). The summed E-state index contributed by atoms with van der Waals surface area (Å²) in [6.45, 7) is 4.73. The van der Waals surface area contributed by atoms with Crippen molar-refractivity contribution in [2.75, 3.05) is 0 Å². The lowest BCUT2D eigenvalue weighted by molar-refractivity contribution is 0.645. The molecule has 0 bridgehead atoms. The average Bonchev–Trinajstić information content (AvgIpc) is 2.94. The molecule has 0 N–H and O–H groups in total. The molecular formula is C37H26. The van der Waals surface area contributed by atoms with Crippen LogP contribution in [0, 0.1) is 0 Å². The molecule has 7 aromatic carbocycles. The Kier molecular flexibility index (Phi) is 4.10. The van der Waals surface area contributed by atoms with Crippen molar-refractivity contribution in [3.63, 3.8) is 0 Å². The van der Waals surface area contributed by atoms with Crippen LogP contribution in [0.4, 0.5) is 0 Å². The monoisotopic (exact) mass is 470 g/mol. The number of benzene rings is 7. The molecule has 0 nitrogen and oxygen atoms in total.